The number of halogens is 1. The summed E-state index contributed by atoms with van der Waals surface area (Å²) in [6, 6.07) is 19.0. The lowest BCUT2D eigenvalue weighted by molar-refractivity contribution is -0.115. The van der Waals surface area contributed by atoms with E-state index in [2.05, 4.69) is 10.4 Å². The molecule has 1 N–H and O–H groups in total. The van der Waals surface area contributed by atoms with E-state index in [9.17, 15) is 4.79 Å². The molecule has 140 valence electrons. The predicted molar refractivity (Wildman–Crippen MR) is 110 cm³/mol. The lowest BCUT2D eigenvalue weighted by Crippen LogP contribution is -2.15. The molecule has 0 saturated carbocycles. The standard InChI is InChI=1S/C21H18ClN5O/c1-26-12-11-19(24-26)23-20(28)13-16-14-27(18-5-3-2-4-6-18)25-21(16)15-7-9-17(22)10-8-15/h2-12,14H,13H2,1H3,(H,23,24,28). The molecule has 0 aliphatic heterocycles. The molecule has 0 atom stereocenters. The molecular formula is C21H18ClN5O. The molecule has 0 radical (unpaired) electrons. The van der Waals surface area contributed by atoms with E-state index >= 15 is 0 Å². The van der Waals surface area contributed by atoms with Gasteiger partial charge in [-0.25, -0.2) is 4.68 Å². The third-order valence-corrected chi connectivity index (χ3v) is 4.51. The van der Waals surface area contributed by atoms with Gasteiger partial charge in [0.05, 0.1) is 17.8 Å². The Hall–Kier alpha value is -3.38. The molecule has 2 aromatic heterocycles. The molecule has 0 aliphatic carbocycles. The highest BCUT2D eigenvalue weighted by molar-refractivity contribution is 6.30. The molecule has 0 spiro atoms. The Bertz CT molecular complexity index is 1100. The molecule has 2 aromatic carbocycles. The summed E-state index contributed by atoms with van der Waals surface area (Å²) in [5.74, 6) is 0.373. The zero-order chi connectivity index (χ0) is 19.5. The van der Waals surface area contributed by atoms with Crippen molar-refractivity contribution in [2.75, 3.05) is 5.32 Å². The number of hydrogen-bond donors (Lipinski definition) is 1. The maximum Gasteiger partial charge on any atom is 0.230 e. The second-order valence-electron chi connectivity index (χ2n) is 6.39. The van der Waals surface area contributed by atoms with E-state index in [1.165, 1.54) is 0 Å². The molecule has 4 aromatic rings. The van der Waals surface area contributed by atoms with Crippen molar-refractivity contribution in [3.05, 3.63) is 83.6 Å². The third kappa shape index (κ3) is 3.97. The van der Waals surface area contributed by atoms with Crippen LogP contribution in [0.2, 0.25) is 5.02 Å². The minimum atomic E-state index is -0.151. The zero-order valence-electron chi connectivity index (χ0n) is 15.2. The number of para-hydroxylation sites is 1. The van der Waals surface area contributed by atoms with Crippen LogP contribution in [-0.4, -0.2) is 25.5 Å². The molecule has 7 heteroatoms. The number of carbonyl (C=O) groups is 1. The fourth-order valence-corrected chi connectivity index (χ4v) is 3.07. The van der Waals surface area contributed by atoms with E-state index in [1.54, 1.807) is 28.7 Å². The number of nitrogens with one attached hydrogen (secondary N) is 1. The molecule has 0 aliphatic rings. The van der Waals surface area contributed by atoms with Gasteiger partial charge in [-0.3, -0.25) is 9.48 Å². The molecule has 0 unspecified atom stereocenters. The number of nitrogens with zero attached hydrogens (tertiary/aromatic N) is 4. The summed E-state index contributed by atoms with van der Waals surface area (Å²) >= 11 is 6.02. The number of anilines is 1. The highest BCUT2D eigenvalue weighted by Crippen LogP contribution is 2.26. The van der Waals surface area contributed by atoms with Crippen molar-refractivity contribution in [2.24, 2.45) is 7.05 Å². The van der Waals surface area contributed by atoms with E-state index < -0.39 is 0 Å². The van der Waals surface area contributed by atoms with Crippen molar-refractivity contribution in [1.29, 1.82) is 0 Å². The first kappa shape index (κ1) is 18.0. The van der Waals surface area contributed by atoms with Crippen molar-refractivity contribution < 1.29 is 4.79 Å². The minimum absolute atomic E-state index is 0.151. The van der Waals surface area contributed by atoms with Crippen LogP contribution in [0.5, 0.6) is 0 Å². The Kier molecular flexibility index (Phi) is 4.95. The van der Waals surface area contributed by atoms with Crippen LogP contribution in [-0.2, 0) is 18.3 Å². The molecule has 28 heavy (non-hydrogen) atoms. The first-order valence-corrected chi connectivity index (χ1v) is 9.16. The smallest absolute Gasteiger partial charge is 0.230 e. The van der Waals surface area contributed by atoms with Gasteiger partial charge >= 0.3 is 0 Å². The van der Waals surface area contributed by atoms with Gasteiger partial charge in [0, 0.05) is 41.7 Å². The molecule has 2 heterocycles. The molecule has 0 bridgehead atoms. The number of rotatable bonds is 5. The van der Waals surface area contributed by atoms with Gasteiger partial charge in [0.15, 0.2) is 5.82 Å². The number of amides is 1. The lowest BCUT2D eigenvalue weighted by Gasteiger charge is -2.03. The summed E-state index contributed by atoms with van der Waals surface area (Å²) in [6.07, 6.45) is 3.85. The largest absolute Gasteiger partial charge is 0.309 e. The second-order valence-corrected chi connectivity index (χ2v) is 6.83. The summed E-state index contributed by atoms with van der Waals surface area (Å²) in [4.78, 5) is 12.6. The highest BCUT2D eigenvalue weighted by atomic mass is 35.5. The lowest BCUT2D eigenvalue weighted by atomic mass is 10.1. The van der Waals surface area contributed by atoms with Gasteiger partial charge in [-0.05, 0) is 24.3 Å². The second kappa shape index (κ2) is 7.70. The van der Waals surface area contributed by atoms with Crippen LogP contribution in [0.15, 0.2) is 73.1 Å². The quantitative estimate of drug-likeness (QED) is 0.556. The van der Waals surface area contributed by atoms with Crippen molar-refractivity contribution in [3.8, 4) is 16.9 Å². The van der Waals surface area contributed by atoms with Gasteiger partial charge in [-0.1, -0.05) is 41.9 Å². The number of carbonyl (C=O) groups excluding carboxylic acids is 1. The van der Waals surface area contributed by atoms with Crippen LogP contribution in [0.1, 0.15) is 5.56 Å². The average Bonchev–Trinajstić information content (AvgIpc) is 3.29. The molecule has 1 amide bonds. The fourth-order valence-electron chi connectivity index (χ4n) is 2.94. The number of benzene rings is 2. The zero-order valence-corrected chi connectivity index (χ0v) is 16.0. The summed E-state index contributed by atoms with van der Waals surface area (Å²) in [6.45, 7) is 0. The van der Waals surface area contributed by atoms with Gasteiger partial charge in [-0.15, -0.1) is 0 Å². The van der Waals surface area contributed by atoms with E-state index in [4.69, 9.17) is 16.7 Å². The Balaban J connectivity index is 1.66. The fraction of sp³-hybridized carbons (Fsp3) is 0.0952. The van der Waals surface area contributed by atoms with Crippen molar-refractivity contribution in [3.63, 3.8) is 0 Å². The monoisotopic (exact) mass is 391 g/mol. The first-order valence-electron chi connectivity index (χ1n) is 8.78. The molecular weight excluding hydrogens is 374 g/mol. The molecule has 6 nitrogen and oxygen atoms in total. The highest BCUT2D eigenvalue weighted by Gasteiger charge is 2.16. The summed E-state index contributed by atoms with van der Waals surface area (Å²) < 4.78 is 3.43. The van der Waals surface area contributed by atoms with Gasteiger partial charge in [0.25, 0.3) is 0 Å². The van der Waals surface area contributed by atoms with Crippen LogP contribution >= 0.6 is 11.6 Å². The Morgan fingerprint density at radius 3 is 2.46 bits per heavy atom. The molecule has 4 rings (SSSR count). The first-order chi connectivity index (χ1) is 13.6. The maximum absolute atomic E-state index is 12.6. The number of hydrogen-bond acceptors (Lipinski definition) is 3. The van der Waals surface area contributed by atoms with Crippen LogP contribution in [0.3, 0.4) is 0 Å². The van der Waals surface area contributed by atoms with E-state index in [0.717, 1.165) is 22.5 Å². The van der Waals surface area contributed by atoms with Gasteiger partial charge in [0.1, 0.15) is 0 Å². The number of aryl methyl sites for hydroxylation is 1. The van der Waals surface area contributed by atoms with Crippen LogP contribution in [0, 0.1) is 0 Å². The van der Waals surface area contributed by atoms with Crippen LogP contribution < -0.4 is 5.32 Å². The summed E-state index contributed by atoms with van der Waals surface area (Å²) in [5, 5.41) is 12.4. The van der Waals surface area contributed by atoms with Crippen molar-refractivity contribution >= 4 is 23.3 Å². The Morgan fingerprint density at radius 2 is 1.79 bits per heavy atom. The van der Waals surface area contributed by atoms with Crippen LogP contribution in [0.4, 0.5) is 5.82 Å². The van der Waals surface area contributed by atoms with Gasteiger partial charge in [-0.2, -0.15) is 10.2 Å². The number of aromatic nitrogens is 4. The van der Waals surface area contributed by atoms with E-state index in [-0.39, 0.29) is 12.3 Å². The van der Waals surface area contributed by atoms with Crippen LogP contribution in [0.25, 0.3) is 16.9 Å². The van der Waals surface area contributed by atoms with E-state index in [1.807, 2.05) is 60.8 Å². The Labute approximate surface area is 167 Å². The normalized spacial score (nSPS) is 10.8. The van der Waals surface area contributed by atoms with Gasteiger partial charge < -0.3 is 5.32 Å². The third-order valence-electron chi connectivity index (χ3n) is 4.26. The van der Waals surface area contributed by atoms with Gasteiger partial charge in [0.2, 0.25) is 5.91 Å². The topological polar surface area (TPSA) is 64.7 Å². The maximum atomic E-state index is 12.6. The Morgan fingerprint density at radius 1 is 1.04 bits per heavy atom. The molecule has 0 saturated heterocycles. The SMILES string of the molecule is Cn1ccc(NC(=O)Cc2cn(-c3ccccc3)nc2-c2ccc(Cl)cc2)n1. The summed E-state index contributed by atoms with van der Waals surface area (Å²) in [7, 11) is 1.80. The molecule has 0 fully saturated rings. The predicted octanol–water partition coefficient (Wildman–Crippen LogP) is 4.11. The van der Waals surface area contributed by atoms with Crippen molar-refractivity contribution in [2.45, 2.75) is 6.42 Å². The summed E-state index contributed by atoms with van der Waals surface area (Å²) in [5.41, 5.74) is 3.39. The van der Waals surface area contributed by atoms with Crippen molar-refractivity contribution in [1.82, 2.24) is 19.6 Å². The van der Waals surface area contributed by atoms with E-state index in [0.29, 0.717) is 10.8 Å². The minimum Gasteiger partial charge on any atom is -0.309 e. The average molecular weight is 392 g/mol.